The minimum Gasteiger partial charge on any atom is -0.493 e. The maximum absolute atomic E-state index is 12.6. The number of amides is 2. The van der Waals surface area contributed by atoms with Crippen molar-refractivity contribution >= 4 is 23.2 Å². The van der Waals surface area contributed by atoms with E-state index in [-0.39, 0.29) is 18.2 Å². The monoisotopic (exact) mass is 364 g/mol. The van der Waals surface area contributed by atoms with E-state index in [4.69, 9.17) is 4.74 Å². The van der Waals surface area contributed by atoms with E-state index in [0.29, 0.717) is 6.61 Å². The van der Waals surface area contributed by atoms with Gasteiger partial charge in [-0.15, -0.1) is 0 Å². The molecule has 0 unspecified atom stereocenters. The van der Waals surface area contributed by atoms with Crippen molar-refractivity contribution in [2.45, 2.75) is 43.9 Å². The van der Waals surface area contributed by atoms with Crippen LogP contribution in [0.2, 0.25) is 0 Å². The van der Waals surface area contributed by atoms with Crippen LogP contribution < -0.4 is 15.4 Å². The zero-order chi connectivity index (χ0) is 18.7. The SMILES string of the molecule is O=C(CCOc1ccccc1)Nc1ccc2c(c1)C1(CCCCC1)C(=O)N2. The second-order valence-electron chi connectivity index (χ2n) is 7.32. The molecule has 1 fully saturated rings. The summed E-state index contributed by atoms with van der Waals surface area (Å²) in [5.74, 6) is 0.768. The van der Waals surface area contributed by atoms with Crippen molar-refractivity contribution in [2.24, 2.45) is 0 Å². The van der Waals surface area contributed by atoms with E-state index < -0.39 is 5.41 Å². The van der Waals surface area contributed by atoms with Gasteiger partial charge in [-0.05, 0) is 48.7 Å². The highest BCUT2D eigenvalue weighted by Crippen LogP contribution is 2.48. The molecule has 0 atom stereocenters. The number of para-hydroxylation sites is 1. The fraction of sp³-hybridized carbons (Fsp3) is 0.364. The van der Waals surface area contributed by atoms with Crippen molar-refractivity contribution in [3.8, 4) is 5.75 Å². The summed E-state index contributed by atoms with van der Waals surface area (Å²) in [4.78, 5) is 24.9. The molecule has 27 heavy (non-hydrogen) atoms. The highest BCUT2D eigenvalue weighted by molar-refractivity contribution is 6.07. The predicted octanol–water partition coefficient (Wildman–Crippen LogP) is 4.25. The van der Waals surface area contributed by atoms with Gasteiger partial charge in [0.25, 0.3) is 0 Å². The van der Waals surface area contributed by atoms with Gasteiger partial charge < -0.3 is 15.4 Å². The number of fused-ring (bicyclic) bond motifs is 2. The van der Waals surface area contributed by atoms with Gasteiger partial charge in [0.15, 0.2) is 0 Å². The largest absolute Gasteiger partial charge is 0.493 e. The maximum Gasteiger partial charge on any atom is 0.235 e. The lowest BCUT2D eigenvalue weighted by Gasteiger charge is -2.31. The van der Waals surface area contributed by atoms with Crippen LogP contribution in [0.5, 0.6) is 5.75 Å². The van der Waals surface area contributed by atoms with Crippen LogP contribution in [0.1, 0.15) is 44.1 Å². The molecular formula is C22H24N2O3. The molecule has 0 aromatic heterocycles. The normalized spacial score (nSPS) is 17.3. The first kappa shape index (κ1) is 17.6. The number of anilines is 2. The summed E-state index contributed by atoms with van der Waals surface area (Å²) in [6, 6.07) is 15.2. The van der Waals surface area contributed by atoms with Gasteiger partial charge in [-0.3, -0.25) is 9.59 Å². The van der Waals surface area contributed by atoms with E-state index in [9.17, 15) is 9.59 Å². The molecule has 1 aliphatic heterocycles. The fourth-order valence-electron chi connectivity index (χ4n) is 4.14. The number of rotatable bonds is 5. The lowest BCUT2D eigenvalue weighted by Crippen LogP contribution is -2.36. The number of hydrogen-bond acceptors (Lipinski definition) is 3. The molecule has 2 aromatic rings. The maximum atomic E-state index is 12.6. The predicted molar refractivity (Wildman–Crippen MR) is 105 cm³/mol. The molecule has 5 nitrogen and oxygen atoms in total. The Hall–Kier alpha value is -2.82. The van der Waals surface area contributed by atoms with Gasteiger partial charge in [0.2, 0.25) is 11.8 Å². The molecule has 2 aliphatic rings. The van der Waals surface area contributed by atoms with E-state index in [1.54, 1.807) is 0 Å². The van der Waals surface area contributed by atoms with E-state index >= 15 is 0 Å². The Morgan fingerprint density at radius 1 is 1.07 bits per heavy atom. The van der Waals surface area contributed by atoms with Crippen LogP contribution >= 0.6 is 0 Å². The average Bonchev–Trinajstić information content (AvgIpc) is 2.95. The number of carbonyl (C=O) groups excluding carboxylic acids is 2. The first-order chi connectivity index (χ1) is 13.2. The van der Waals surface area contributed by atoms with Crippen molar-refractivity contribution in [1.82, 2.24) is 0 Å². The van der Waals surface area contributed by atoms with Crippen molar-refractivity contribution in [3.05, 3.63) is 54.1 Å². The standard InChI is InChI=1S/C22H24N2O3/c25-20(11-14-27-17-7-3-1-4-8-17)23-16-9-10-19-18(15-16)22(21(26)24-19)12-5-2-6-13-22/h1,3-4,7-10,15H,2,5-6,11-14H2,(H,23,25)(H,24,26). The van der Waals surface area contributed by atoms with Crippen LogP contribution in [0.15, 0.2) is 48.5 Å². The molecular weight excluding hydrogens is 340 g/mol. The number of nitrogens with one attached hydrogen (secondary N) is 2. The number of carbonyl (C=O) groups is 2. The van der Waals surface area contributed by atoms with Crippen LogP contribution in [0.3, 0.4) is 0 Å². The Kier molecular flexibility index (Phi) is 4.84. The first-order valence-electron chi connectivity index (χ1n) is 9.61. The summed E-state index contributed by atoms with van der Waals surface area (Å²) in [6.45, 7) is 0.324. The van der Waals surface area contributed by atoms with E-state index in [2.05, 4.69) is 10.6 Å². The second-order valence-corrected chi connectivity index (χ2v) is 7.32. The zero-order valence-electron chi connectivity index (χ0n) is 15.3. The summed E-state index contributed by atoms with van der Waals surface area (Å²) in [6.07, 6.45) is 5.36. The summed E-state index contributed by atoms with van der Waals surface area (Å²) in [7, 11) is 0. The van der Waals surface area contributed by atoms with Crippen molar-refractivity contribution in [2.75, 3.05) is 17.2 Å². The van der Waals surface area contributed by atoms with Gasteiger partial charge in [-0.25, -0.2) is 0 Å². The Balaban J connectivity index is 1.40. The van der Waals surface area contributed by atoms with Gasteiger partial charge in [0, 0.05) is 11.4 Å². The van der Waals surface area contributed by atoms with Gasteiger partial charge in [0.1, 0.15) is 5.75 Å². The Morgan fingerprint density at radius 2 is 1.85 bits per heavy atom. The van der Waals surface area contributed by atoms with Gasteiger partial charge >= 0.3 is 0 Å². The molecule has 1 heterocycles. The molecule has 1 spiro atoms. The molecule has 0 bridgehead atoms. The van der Waals surface area contributed by atoms with Crippen LogP contribution in [-0.2, 0) is 15.0 Å². The molecule has 5 heteroatoms. The Bertz CT molecular complexity index is 842. The van der Waals surface area contributed by atoms with Crippen LogP contribution in [0.4, 0.5) is 11.4 Å². The zero-order valence-corrected chi connectivity index (χ0v) is 15.3. The third-order valence-electron chi connectivity index (χ3n) is 5.55. The molecule has 140 valence electrons. The highest BCUT2D eigenvalue weighted by atomic mass is 16.5. The summed E-state index contributed by atoms with van der Waals surface area (Å²) in [5, 5.41) is 5.96. The highest BCUT2D eigenvalue weighted by Gasteiger charge is 2.47. The third-order valence-corrected chi connectivity index (χ3v) is 5.55. The second kappa shape index (κ2) is 7.43. The molecule has 1 saturated carbocycles. The molecule has 0 radical (unpaired) electrons. The van der Waals surface area contributed by atoms with Gasteiger partial charge in [-0.2, -0.15) is 0 Å². The van der Waals surface area contributed by atoms with Crippen LogP contribution in [-0.4, -0.2) is 18.4 Å². The smallest absolute Gasteiger partial charge is 0.235 e. The quantitative estimate of drug-likeness (QED) is 0.833. The Morgan fingerprint density at radius 3 is 2.63 bits per heavy atom. The number of ether oxygens (including phenoxy) is 1. The van der Waals surface area contributed by atoms with E-state index in [0.717, 1.165) is 48.4 Å². The van der Waals surface area contributed by atoms with Crippen molar-refractivity contribution in [1.29, 1.82) is 0 Å². The minimum absolute atomic E-state index is 0.0964. The molecule has 2 N–H and O–H groups in total. The summed E-state index contributed by atoms with van der Waals surface area (Å²) in [5.41, 5.74) is 2.24. The molecule has 1 aliphatic carbocycles. The van der Waals surface area contributed by atoms with Gasteiger partial charge in [0.05, 0.1) is 18.4 Å². The minimum atomic E-state index is -0.412. The average molecular weight is 364 g/mol. The Labute approximate surface area is 159 Å². The van der Waals surface area contributed by atoms with E-state index in [1.165, 1.54) is 6.42 Å². The number of benzene rings is 2. The van der Waals surface area contributed by atoms with E-state index in [1.807, 2.05) is 48.5 Å². The fourth-order valence-corrected chi connectivity index (χ4v) is 4.14. The van der Waals surface area contributed by atoms with Crippen LogP contribution in [0.25, 0.3) is 0 Å². The lowest BCUT2D eigenvalue weighted by atomic mass is 9.70. The van der Waals surface area contributed by atoms with Crippen LogP contribution in [0, 0.1) is 0 Å². The summed E-state index contributed by atoms with van der Waals surface area (Å²) >= 11 is 0. The molecule has 2 aromatic carbocycles. The van der Waals surface area contributed by atoms with Gasteiger partial charge in [-0.1, -0.05) is 37.5 Å². The summed E-state index contributed by atoms with van der Waals surface area (Å²) < 4.78 is 5.58. The molecule has 4 rings (SSSR count). The molecule has 0 saturated heterocycles. The van der Waals surface area contributed by atoms with Crippen molar-refractivity contribution in [3.63, 3.8) is 0 Å². The van der Waals surface area contributed by atoms with Crippen molar-refractivity contribution < 1.29 is 14.3 Å². The lowest BCUT2D eigenvalue weighted by molar-refractivity contribution is -0.122. The molecule has 2 amide bonds. The number of hydrogen-bond donors (Lipinski definition) is 2. The third kappa shape index (κ3) is 3.54. The topological polar surface area (TPSA) is 67.4 Å². The first-order valence-corrected chi connectivity index (χ1v) is 9.61.